The average molecular weight is 468 g/mol. The Morgan fingerprint density at radius 2 is 1.91 bits per heavy atom. The molecule has 4 N–H and O–H groups in total. The molecule has 1 aromatic carbocycles. The summed E-state index contributed by atoms with van der Waals surface area (Å²) >= 11 is 0. The van der Waals surface area contributed by atoms with Gasteiger partial charge in [-0.25, -0.2) is 24.3 Å². The molecule has 0 spiro atoms. The molecule has 0 fully saturated rings. The Labute approximate surface area is 190 Å². The number of nitrogens with zero attached hydrogens (tertiary/aromatic N) is 5. The molecule has 0 aliphatic carbocycles. The topological polar surface area (TPSA) is 129 Å². The number of nitrogens with one attached hydrogen (secondary N) is 2. The van der Waals surface area contributed by atoms with Crippen molar-refractivity contribution in [3.63, 3.8) is 0 Å². The molecule has 0 aliphatic rings. The van der Waals surface area contributed by atoms with Crippen LogP contribution in [0, 0.1) is 17.1 Å². The van der Waals surface area contributed by atoms with Crippen LogP contribution in [0.2, 0.25) is 0 Å². The van der Waals surface area contributed by atoms with Crippen molar-refractivity contribution in [3.8, 4) is 28.7 Å². The van der Waals surface area contributed by atoms with Gasteiger partial charge in [0.2, 0.25) is 5.95 Å². The molecule has 4 rings (SSSR count). The molecule has 0 atom stereocenters. The second-order valence-electron chi connectivity index (χ2n) is 7.10. The number of nitrogens with two attached hydrogens (primary N) is 1. The van der Waals surface area contributed by atoms with Gasteiger partial charge in [-0.3, -0.25) is 0 Å². The van der Waals surface area contributed by atoms with Crippen LogP contribution in [-0.4, -0.2) is 31.5 Å². The summed E-state index contributed by atoms with van der Waals surface area (Å²) in [5.74, 6) is -0.613. The second-order valence-corrected chi connectivity index (χ2v) is 7.10. The third kappa shape index (κ3) is 4.63. The monoisotopic (exact) mass is 468 g/mol. The molecule has 0 radical (unpaired) electrons. The van der Waals surface area contributed by atoms with E-state index in [1.807, 2.05) is 6.07 Å². The predicted molar refractivity (Wildman–Crippen MR) is 116 cm³/mol. The van der Waals surface area contributed by atoms with E-state index in [0.29, 0.717) is 18.1 Å². The number of pyridine rings is 1. The zero-order valence-electron chi connectivity index (χ0n) is 17.4. The van der Waals surface area contributed by atoms with Gasteiger partial charge in [0.25, 0.3) is 0 Å². The third-order valence-electron chi connectivity index (χ3n) is 4.94. The maximum atomic E-state index is 13.7. The number of alkyl halides is 3. The van der Waals surface area contributed by atoms with Gasteiger partial charge in [-0.15, -0.1) is 0 Å². The van der Waals surface area contributed by atoms with E-state index in [0.717, 1.165) is 12.1 Å². The Kier molecular flexibility index (Phi) is 6.09. The van der Waals surface area contributed by atoms with Crippen molar-refractivity contribution in [2.75, 3.05) is 17.6 Å². The maximum absolute atomic E-state index is 13.7. The van der Waals surface area contributed by atoms with Crippen molar-refractivity contribution in [3.05, 3.63) is 71.6 Å². The third-order valence-corrected chi connectivity index (χ3v) is 4.94. The van der Waals surface area contributed by atoms with E-state index in [9.17, 15) is 22.8 Å². The first-order valence-corrected chi connectivity index (χ1v) is 9.89. The highest BCUT2D eigenvalue weighted by Crippen LogP contribution is 2.39. The highest BCUT2D eigenvalue weighted by Gasteiger charge is 2.35. The smallest absolute Gasteiger partial charge is 0.383 e. The summed E-state index contributed by atoms with van der Waals surface area (Å²) in [4.78, 5) is 19.2. The van der Waals surface area contributed by atoms with Crippen LogP contribution in [0.3, 0.4) is 0 Å². The molecule has 8 nitrogen and oxygen atoms in total. The van der Waals surface area contributed by atoms with Crippen molar-refractivity contribution in [2.24, 2.45) is 0 Å². The summed E-state index contributed by atoms with van der Waals surface area (Å²) < 4.78 is 54.7. The molecule has 0 bridgehead atoms. The van der Waals surface area contributed by atoms with Crippen LogP contribution in [0.4, 0.5) is 29.3 Å². The number of H-pyrrole nitrogens is 1. The summed E-state index contributed by atoms with van der Waals surface area (Å²) in [7, 11) is 0. The van der Waals surface area contributed by atoms with Gasteiger partial charge in [0.15, 0.2) is 0 Å². The van der Waals surface area contributed by atoms with Gasteiger partial charge in [0, 0.05) is 36.9 Å². The number of nitriles is 1. The number of aromatic amines is 1. The Balaban J connectivity index is 1.70. The number of rotatable bonds is 6. The summed E-state index contributed by atoms with van der Waals surface area (Å²) in [5, 5.41) is 12.2. The predicted octanol–water partition coefficient (Wildman–Crippen LogP) is 4.20. The largest absolute Gasteiger partial charge is 0.417 e. The lowest BCUT2D eigenvalue weighted by Gasteiger charge is -2.16. The Morgan fingerprint density at radius 3 is 2.62 bits per heavy atom. The Bertz CT molecular complexity index is 1360. The van der Waals surface area contributed by atoms with E-state index in [1.54, 1.807) is 6.07 Å². The molecule has 4 aromatic rings. The number of hydrogen-bond acceptors (Lipinski definition) is 7. The van der Waals surface area contributed by atoms with Gasteiger partial charge in [0.05, 0.1) is 22.4 Å². The zero-order valence-corrected chi connectivity index (χ0v) is 17.4. The SMILES string of the molecule is N#Cc1c(CCNc2ncc(-c3ncc[nH]3)c(-c3ccc(F)cc3C(F)(F)F)n2)ccnc1N. The number of anilines is 2. The second kappa shape index (κ2) is 9.14. The fraction of sp³-hybridized carbons (Fsp3) is 0.136. The van der Waals surface area contributed by atoms with Gasteiger partial charge in [-0.05, 0) is 36.2 Å². The first-order chi connectivity index (χ1) is 16.3. The van der Waals surface area contributed by atoms with Gasteiger partial charge in [-0.1, -0.05) is 0 Å². The first-order valence-electron chi connectivity index (χ1n) is 9.89. The molecule has 172 valence electrons. The molecule has 3 aromatic heterocycles. The van der Waals surface area contributed by atoms with E-state index < -0.39 is 17.6 Å². The molecular weight excluding hydrogens is 452 g/mol. The van der Waals surface area contributed by atoms with Crippen LogP contribution in [0.25, 0.3) is 22.6 Å². The molecule has 3 heterocycles. The van der Waals surface area contributed by atoms with E-state index >= 15 is 0 Å². The number of nitrogen functional groups attached to an aromatic ring is 1. The highest BCUT2D eigenvalue weighted by molar-refractivity contribution is 5.79. The number of benzene rings is 1. The summed E-state index contributed by atoms with van der Waals surface area (Å²) in [6.45, 7) is 0.257. The molecule has 0 saturated heterocycles. The molecule has 0 aliphatic heterocycles. The molecule has 0 saturated carbocycles. The first kappa shape index (κ1) is 22.7. The van der Waals surface area contributed by atoms with E-state index in [4.69, 9.17) is 5.73 Å². The Morgan fingerprint density at radius 1 is 1.09 bits per heavy atom. The molecular formula is C22H16F4N8. The van der Waals surface area contributed by atoms with Crippen LogP contribution >= 0.6 is 0 Å². The van der Waals surface area contributed by atoms with Crippen molar-refractivity contribution >= 4 is 11.8 Å². The quantitative estimate of drug-likeness (QED) is 0.362. The van der Waals surface area contributed by atoms with Gasteiger partial charge < -0.3 is 16.0 Å². The van der Waals surface area contributed by atoms with Gasteiger partial charge in [-0.2, -0.15) is 18.4 Å². The molecule has 12 heteroatoms. The maximum Gasteiger partial charge on any atom is 0.417 e. The number of aromatic nitrogens is 5. The lowest BCUT2D eigenvalue weighted by atomic mass is 10.00. The number of halogens is 4. The number of hydrogen-bond donors (Lipinski definition) is 3. The van der Waals surface area contributed by atoms with Crippen LogP contribution < -0.4 is 11.1 Å². The van der Waals surface area contributed by atoms with Crippen LogP contribution in [0.5, 0.6) is 0 Å². The summed E-state index contributed by atoms with van der Waals surface area (Å²) in [5.41, 5.74) is 5.25. The summed E-state index contributed by atoms with van der Waals surface area (Å²) in [6, 6.07) is 6.03. The van der Waals surface area contributed by atoms with Gasteiger partial charge in [0.1, 0.15) is 23.5 Å². The van der Waals surface area contributed by atoms with E-state index in [-0.39, 0.29) is 46.5 Å². The minimum atomic E-state index is -4.81. The van der Waals surface area contributed by atoms with E-state index in [1.165, 1.54) is 24.8 Å². The average Bonchev–Trinajstić information content (AvgIpc) is 3.33. The van der Waals surface area contributed by atoms with E-state index in [2.05, 4.69) is 30.2 Å². The summed E-state index contributed by atoms with van der Waals surface area (Å²) in [6.07, 6.45) is 1.30. The minimum absolute atomic E-state index is 0.0447. The molecule has 34 heavy (non-hydrogen) atoms. The molecule has 0 amide bonds. The van der Waals surface area contributed by atoms with Crippen LogP contribution in [0.15, 0.2) is 49.1 Å². The van der Waals surface area contributed by atoms with Crippen LogP contribution in [-0.2, 0) is 12.6 Å². The van der Waals surface area contributed by atoms with Crippen molar-refractivity contribution in [1.29, 1.82) is 5.26 Å². The Hall–Kier alpha value is -4.53. The number of imidazole rings is 1. The van der Waals surface area contributed by atoms with Crippen LogP contribution in [0.1, 0.15) is 16.7 Å². The zero-order chi connectivity index (χ0) is 24.3. The lowest BCUT2D eigenvalue weighted by Crippen LogP contribution is -2.12. The standard InChI is InChI=1S/C22H16F4N8/c23-13-1-2-14(17(9-13)22(24,25)26)18-16(20-30-7-8-31-20)11-33-21(34-18)32-6-4-12-3-5-29-19(28)15(12)10-27/h1-3,5,7-9,11H,4,6H2,(H2,28,29)(H,30,31)(H,32,33,34). The fourth-order valence-electron chi connectivity index (χ4n) is 3.38. The molecule has 0 unspecified atom stereocenters. The van der Waals surface area contributed by atoms with Crippen molar-refractivity contribution < 1.29 is 17.6 Å². The van der Waals surface area contributed by atoms with Crippen molar-refractivity contribution in [1.82, 2.24) is 24.9 Å². The minimum Gasteiger partial charge on any atom is -0.383 e. The normalized spacial score (nSPS) is 11.3. The van der Waals surface area contributed by atoms with Crippen molar-refractivity contribution in [2.45, 2.75) is 12.6 Å². The van der Waals surface area contributed by atoms with Gasteiger partial charge >= 0.3 is 6.18 Å². The lowest BCUT2D eigenvalue weighted by molar-refractivity contribution is -0.137. The highest BCUT2D eigenvalue weighted by atomic mass is 19.4. The fourth-order valence-corrected chi connectivity index (χ4v) is 3.38.